The van der Waals surface area contributed by atoms with Crippen molar-refractivity contribution in [3.05, 3.63) is 59.2 Å². The number of carbonyl (C=O) groups excluding carboxylic acids is 1. The summed E-state index contributed by atoms with van der Waals surface area (Å²) in [6.45, 7) is 5.64. The van der Waals surface area contributed by atoms with Gasteiger partial charge in [0.15, 0.2) is 0 Å². The molecule has 0 atom stereocenters. The molecule has 0 spiro atoms. The van der Waals surface area contributed by atoms with Gasteiger partial charge in [0.2, 0.25) is 15.9 Å². The molecule has 0 fully saturated rings. The van der Waals surface area contributed by atoms with Crippen molar-refractivity contribution in [3.63, 3.8) is 0 Å². The zero-order valence-corrected chi connectivity index (χ0v) is 15.9. The normalized spacial score (nSPS) is 11.6. The van der Waals surface area contributed by atoms with Crippen molar-refractivity contribution in [3.8, 4) is 0 Å². The highest BCUT2D eigenvalue weighted by Crippen LogP contribution is 2.19. The van der Waals surface area contributed by atoms with Crippen molar-refractivity contribution < 1.29 is 13.2 Å². The largest absolute Gasteiger partial charge is 0.325 e. The van der Waals surface area contributed by atoms with Gasteiger partial charge in [-0.2, -0.15) is 4.31 Å². The first-order valence-electron chi connectivity index (χ1n) is 8.17. The molecule has 0 saturated heterocycles. The summed E-state index contributed by atoms with van der Waals surface area (Å²) in [6, 6.07) is 12.3. The third-order valence-electron chi connectivity index (χ3n) is 4.28. The zero-order valence-electron chi connectivity index (χ0n) is 15.0. The SMILES string of the molecule is CCc1ccc(S(=O)(=O)N(C)CC(=O)Nc2cccc(C)c2C)cc1. The monoisotopic (exact) mass is 360 g/mol. The van der Waals surface area contributed by atoms with E-state index in [1.54, 1.807) is 30.3 Å². The number of amides is 1. The third-order valence-corrected chi connectivity index (χ3v) is 6.10. The summed E-state index contributed by atoms with van der Waals surface area (Å²) in [5.74, 6) is -0.370. The molecule has 1 N–H and O–H groups in total. The molecule has 0 saturated carbocycles. The van der Waals surface area contributed by atoms with Crippen LogP contribution < -0.4 is 5.32 Å². The molecule has 0 bridgehead atoms. The number of rotatable bonds is 6. The molecule has 0 aliphatic rings. The highest BCUT2D eigenvalue weighted by atomic mass is 32.2. The van der Waals surface area contributed by atoms with Crippen molar-refractivity contribution in [1.82, 2.24) is 4.31 Å². The van der Waals surface area contributed by atoms with E-state index in [1.807, 2.05) is 32.9 Å². The maximum Gasteiger partial charge on any atom is 0.243 e. The number of likely N-dealkylation sites (N-methyl/N-ethyl adjacent to an activating group) is 1. The molecule has 25 heavy (non-hydrogen) atoms. The van der Waals surface area contributed by atoms with Crippen LogP contribution in [0.5, 0.6) is 0 Å². The summed E-state index contributed by atoms with van der Waals surface area (Å²) >= 11 is 0. The van der Waals surface area contributed by atoms with E-state index in [-0.39, 0.29) is 17.3 Å². The van der Waals surface area contributed by atoms with Crippen LogP contribution in [0.1, 0.15) is 23.6 Å². The summed E-state index contributed by atoms with van der Waals surface area (Å²) in [5, 5.41) is 2.78. The molecule has 2 aromatic carbocycles. The molecule has 0 aliphatic heterocycles. The van der Waals surface area contributed by atoms with Crippen molar-refractivity contribution in [2.75, 3.05) is 18.9 Å². The second-order valence-corrected chi connectivity index (χ2v) is 8.10. The number of nitrogens with zero attached hydrogens (tertiary/aromatic N) is 1. The van der Waals surface area contributed by atoms with Gasteiger partial charge in [0.25, 0.3) is 0 Å². The first-order valence-corrected chi connectivity index (χ1v) is 9.61. The van der Waals surface area contributed by atoms with E-state index in [4.69, 9.17) is 0 Å². The zero-order chi connectivity index (χ0) is 18.6. The fourth-order valence-electron chi connectivity index (χ4n) is 2.44. The van der Waals surface area contributed by atoms with Gasteiger partial charge in [-0.25, -0.2) is 8.42 Å². The Morgan fingerprint density at radius 1 is 1.08 bits per heavy atom. The van der Waals surface area contributed by atoms with Gasteiger partial charge < -0.3 is 5.32 Å². The Kier molecular flexibility index (Phi) is 5.98. The number of aryl methyl sites for hydroxylation is 2. The Balaban J connectivity index is 2.10. The Bertz CT molecular complexity index is 859. The topological polar surface area (TPSA) is 66.5 Å². The summed E-state index contributed by atoms with van der Waals surface area (Å²) in [6.07, 6.45) is 0.842. The van der Waals surface area contributed by atoms with Crippen LogP contribution >= 0.6 is 0 Å². The van der Waals surface area contributed by atoms with E-state index in [9.17, 15) is 13.2 Å². The molecule has 0 unspecified atom stereocenters. The van der Waals surface area contributed by atoms with E-state index in [1.165, 1.54) is 7.05 Å². The molecule has 2 rings (SSSR count). The second-order valence-electron chi connectivity index (χ2n) is 6.05. The molecular formula is C19H24N2O3S. The number of anilines is 1. The predicted molar refractivity (Wildman–Crippen MR) is 100 cm³/mol. The molecule has 0 radical (unpaired) electrons. The van der Waals surface area contributed by atoms with Crippen LogP contribution in [-0.2, 0) is 21.2 Å². The average molecular weight is 360 g/mol. The van der Waals surface area contributed by atoms with Crippen LogP contribution in [0.4, 0.5) is 5.69 Å². The Morgan fingerprint density at radius 2 is 1.72 bits per heavy atom. The van der Waals surface area contributed by atoms with Crippen molar-refractivity contribution >= 4 is 21.6 Å². The van der Waals surface area contributed by atoms with Gasteiger partial charge in [-0.3, -0.25) is 4.79 Å². The van der Waals surface area contributed by atoms with Crippen LogP contribution in [-0.4, -0.2) is 32.2 Å². The maximum absolute atomic E-state index is 12.6. The van der Waals surface area contributed by atoms with Gasteiger partial charge >= 0.3 is 0 Å². The highest BCUT2D eigenvalue weighted by molar-refractivity contribution is 7.89. The second kappa shape index (κ2) is 7.80. The first-order chi connectivity index (χ1) is 11.8. The van der Waals surface area contributed by atoms with Gasteiger partial charge in [-0.05, 0) is 55.2 Å². The van der Waals surface area contributed by atoms with Gasteiger partial charge in [0.05, 0.1) is 11.4 Å². The number of carbonyl (C=O) groups is 1. The van der Waals surface area contributed by atoms with Crippen LogP contribution in [0.2, 0.25) is 0 Å². The van der Waals surface area contributed by atoms with Crippen molar-refractivity contribution in [2.45, 2.75) is 32.1 Å². The minimum absolute atomic E-state index is 0.187. The molecule has 5 nitrogen and oxygen atoms in total. The van der Waals surface area contributed by atoms with Gasteiger partial charge in [-0.15, -0.1) is 0 Å². The summed E-state index contributed by atoms with van der Waals surface area (Å²) < 4.78 is 26.2. The molecule has 6 heteroatoms. The fraction of sp³-hybridized carbons (Fsp3) is 0.316. The number of hydrogen-bond acceptors (Lipinski definition) is 3. The van der Waals surface area contributed by atoms with Gasteiger partial charge in [0, 0.05) is 12.7 Å². The van der Waals surface area contributed by atoms with E-state index < -0.39 is 10.0 Å². The minimum Gasteiger partial charge on any atom is -0.325 e. The van der Waals surface area contributed by atoms with Crippen LogP contribution in [0.15, 0.2) is 47.4 Å². The minimum atomic E-state index is -3.70. The molecule has 0 aliphatic carbocycles. The van der Waals surface area contributed by atoms with Crippen LogP contribution in [0.25, 0.3) is 0 Å². The third kappa shape index (κ3) is 4.46. The molecule has 0 aromatic heterocycles. The number of benzene rings is 2. The van der Waals surface area contributed by atoms with Gasteiger partial charge in [-0.1, -0.05) is 31.2 Å². The molecule has 2 aromatic rings. The van der Waals surface area contributed by atoms with Gasteiger partial charge in [0.1, 0.15) is 0 Å². The summed E-state index contributed by atoms with van der Waals surface area (Å²) in [4.78, 5) is 12.4. The number of sulfonamides is 1. The van der Waals surface area contributed by atoms with Crippen LogP contribution in [0.3, 0.4) is 0 Å². The smallest absolute Gasteiger partial charge is 0.243 e. The summed E-state index contributed by atoms with van der Waals surface area (Å²) in [5.41, 5.74) is 3.80. The lowest BCUT2D eigenvalue weighted by atomic mass is 10.1. The van der Waals surface area contributed by atoms with E-state index in [2.05, 4.69) is 5.32 Å². The first kappa shape index (κ1) is 19.1. The standard InChI is InChI=1S/C19H24N2O3S/c1-5-16-9-11-17(12-10-16)25(23,24)21(4)13-19(22)20-18-8-6-7-14(2)15(18)3/h6-12H,5,13H2,1-4H3,(H,20,22). The van der Waals surface area contributed by atoms with E-state index in [0.29, 0.717) is 5.69 Å². The van der Waals surface area contributed by atoms with Crippen molar-refractivity contribution in [1.29, 1.82) is 0 Å². The van der Waals surface area contributed by atoms with Crippen molar-refractivity contribution in [2.24, 2.45) is 0 Å². The maximum atomic E-state index is 12.6. The number of nitrogens with one attached hydrogen (secondary N) is 1. The van der Waals surface area contributed by atoms with E-state index in [0.717, 1.165) is 27.4 Å². The fourth-order valence-corrected chi connectivity index (χ4v) is 3.57. The Labute approximate surface area is 149 Å². The lowest BCUT2D eigenvalue weighted by Gasteiger charge is -2.18. The highest BCUT2D eigenvalue weighted by Gasteiger charge is 2.23. The average Bonchev–Trinajstić information content (AvgIpc) is 2.59. The summed E-state index contributed by atoms with van der Waals surface area (Å²) in [7, 11) is -2.29. The Hall–Kier alpha value is -2.18. The molecule has 0 heterocycles. The lowest BCUT2D eigenvalue weighted by Crippen LogP contribution is -2.35. The Morgan fingerprint density at radius 3 is 2.32 bits per heavy atom. The van der Waals surface area contributed by atoms with Crippen LogP contribution in [0, 0.1) is 13.8 Å². The number of hydrogen-bond donors (Lipinski definition) is 1. The van der Waals surface area contributed by atoms with E-state index >= 15 is 0 Å². The molecule has 134 valence electrons. The predicted octanol–water partition coefficient (Wildman–Crippen LogP) is 3.13. The molecule has 1 amide bonds. The quantitative estimate of drug-likeness (QED) is 0.861. The lowest BCUT2D eigenvalue weighted by molar-refractivity contribution is -0.116. The molecular weight excluding hydrogens is 336 g/mol.